The van der Waals surface area contributed by atoms with Gasteiger partial charge in [-0.1, -0.05) is 31.4 Å². The van der Waals surface area contributed by atoms with Crippen molar-refractivity contribution in [2.24, 2.45) is 0 Å². The minimum atomic E-state index is -1.05. The van der Waals surface area contributed by atoms with E-state index in [0.29, 0.717) is 25.4 Å². The average Bonchev–Trinajstić information content (AvgIpc) is 3.25. The summed E-state index contributed by atoms with van der Waals surface area (Å²) in [6, 6.07) is 15.6. The van der Waals surface area contributed by atoms with Gasteiger partial charge in [0.05, 0.1) is 25.8 Å². The van der Waals surface area contributed by atoms with Gasteiger partial charge in [0.25, 0.3) is 5.91 Å². The molecule has 2 aromatic carbocycles. The van der Waals surface area contributed by atoms with E-state index in [9.17, 15) is 9.59 Å². The fourth-order valence-electron chi connectivity index (χ4n) is 5.53. The summed E-state index contributed by atoms with van der Waals surface area (Å²) in [5, 5.41) is 4.25. The molecule has 190 valence electrons. The molecule has 0 bridgehead atoms. The van der Waals surface area contributed by atoms with E-state index in [0.717, 1.165) is 53.6 Å². The molecule has 2 heterocycles. The standard InChI is InChI=1S/C29H35N3O4/c1-4-36-23-13-10-20(11-14-23)18-32-27(33)26-16-21-12-15-24(35-3)17-25(21)31(26)19-29(32,2)28(34)30-22-8-6-5-7-9-22/h10-17,22H,4-9,18-19H2,1-3H3,(H,30,34). The van der Waals surface area contributed by atoms with Gasteiger partial charge in [0.1, 0.15) is 22.7 Å². The van der Waals surface area contributed by atoms with Crippen molar-refractivity contribution >= 4 is 22.7 Å². The highest BCUT2D eigenvalue weighted by Crippen LogP contribution is 2.35. The molecule has 1 aliphatic carbocycles. The highest BCUT2D eigenvalue weighted by atomic mass is 16.5. The maximum Gasteiger partial charge on any atom is 0.271 e. The van der Waals surface area contributed by atoms with Gasteiger partial charge in [-0.3, -0.25) is 9.59 Å². The Labute approximate surface area is 212 Å². The number of aromatic nitrogens is 1. The highest BCUT2D eigenvalue weighted by Gasteiger charge is 2.48. The number of carbonyl (C=O) groups is 2. The Kier molecular flexibility index (Phi) is 6.65. The number of hydrogen-bond donors (Lipinski definition) is 1. The van der Waals surface area contributed by atoms with Crippen LogP contribution in [0.5, 0.6) is 11.5 Å². The van der Waals surface area contributed by atoms with Gasteiger partial charge in [0.15, 0.2) is 0 Å². The molecule has 0 radical (unpaired) electrons. The molecular formula is C29H35N3O4. The van der Waals surface area contributed by atoms with Crippen molar-refractivity contribution in [1.29, 1.82) is 0 Å². The minimum Gasteiger partial charge on any atom is -0.497 e. The van der Waals surface area contributed by atoms with Gasteiger partial charge >= 0.3 is 0 Å². The predicted octanol–water partition coefficient (Wildman–Crippen LogP) is 4.91. The zero-order valence-corrected chi connectivity index (χ0v) is 21.4. The summed E-state index contributed by atoms with van der Waals surface area (Å²) < 4.78 is 13.0. The molecule has 7 heteroatoms. The number of nitrogens with one attached hydrogen (secondary N) is 1. The lowest BCUT2D eigenvalue weighted by atomic mass is 9.91. The predicted molar refractivity (Wildman–Crippen MR) is 139 cm³/mol. The molecule has 2 aliphatic rings. The maximum atomic E-state index is 14.0. The van der Waals surface area contributed by atoms with E-state index in [1.165, 1.54) is 6.42 Å². The van der Waals surface area contributed by atoms with Crippen molar-refractivity contribution in [2.75, 3.05) is 13.7 Å². The summed E-state index contributed by atoms with van der Waals surface area (Å²) in [6.45, 7) is 5.15. The number of nitrogens with zero attached hydrogens (tertiary/aromatic N) is 2. The molecule has 5 rings (SSSR count). The maximum absolute atomic E-state index is 14.0. The topological polar surface area (TPSA) is 72.8 Å². The minimum absolute atomic E-state index is 0.0934. The average molecular weight is 490 g/mol. The van der Waals surface area contributed by atoms with Gasteiger partial charge in [-0.15, -0.1) is 0 Å². The molecule has 1 unspecified atom stereocenters. The van der Waals surface area contributed by atoms with Crippen molar-refractivity contribution < 1.29 is 19.1 Å². The molecule has 1 atom stereocenters. The van der Waals surface area contributed by atoms with E-state index in [-0.39, 0.29) is 17.9 Å². The van der Waals surface area contributed by atoms with Crippen LogP contribution in [-0.4, -0.2) is 46.6 Å². The van der Waals surface area contributed by atoms with E-state index in [4.69, 9.17) is 9.47 Å². The third-order valence-corrected chi connectivity index (χ3v) is 7.64. The van der Waals surface area contributed by atoms with Gasteiger partial charge in [-0.25, -0.2) is 0 Å². The van der Waals surface area contributed by atoms with Crippen LogP contribution in [0.15, 0.2) is 48.5 Å². The second kappa shape index (κ2) is 9.88. The van der Waals surface area contributed by atoms with Crippen molar-refractivity contribution in [2.45, 2.75) is 70.6 Å². The lowest BCUT2D eigenvalue weighted by Crippen LogP contribution is -2.64. The number of ether oxygens (including phenoxy) is 2. The van der Waals surface area contributed by atoms with Gasteiger partial charge in [0, 0.05) is 24.0 Å². The summed E-state index contributed by atoms with van der Waals surface area (Å²) in [5.74, 6) is 1.27. The van der Waals surface area contributed by atoms with Crippen LogP contribution in [0, 0.1) is 0 Å². The first kappa shape index (κ1) is 24.2. The largest absolute Gasteiger partial charge is 0.497 e. The highest BCUT2D eigenvalue weighted by molar-refractivity contribution is 6.03. The summed E-state index contributed by atoms with van der Waals surface area (Å²) in [5.41, 5.74) is 1.40. The van der Waals surface area contributed by atoms with Crippen LogP contribution >= 0.6 is 0 Å². The molecule has 7 nitrogen and oxygen atoms in total. The number of benzene rings is 2. The Morgan fingerprint density at radius 2 is 1.78 bits per heavy atom. The smallest absolute Gasteiger partial charge is 0.271 e. The molecule has 1 fully saturated rings. The van der Waals surface area contributed by atoms with Crippen LogP contribution in [0.2, 0.25) is 0 Å². The van der Waals surface area contributed by atoms with Crippen molar-refractivity contribution in [3.05, 3.63) is 59.8 Å². The molecule has 1 saturated carbocycles. The Hall–Kier alpha value is -3.48. The fourth-order valence-corrected chi connectivity index (χ4v) is 5.53. The number of carbonyl (C=O) groups excluding carboxylic acids is 2. The fraction of sp³-hybridized carbons (Fsp3) is 0.448. The normalized spacial score (nSPS) is 20.3. The Bertz CT molecular complexity index is 1260. The van der Waals surface area contributed by atoms with Gasteiger partial charge in [0.2, 0.25) is 5.91 Å². The number of fused-ring (bicyclic) bond motifs is 3. The first-order chi connectivity index (χ1) is 17.4. The van der Waals surface area contributed by atoms with E-state index < -0.39 is 5.54 Å². The summed E-state index contributed by atoms with van der Waals surface area (Å²) in [4.78, 5) is 29.6. The monoisotopic (exact) mass is 489 g/mol. The van der Waals surface area contributed by atoms with E-state index >= 15 is 0 Å². The van der Waals surface area contributed by atoms with E-state index in [2.05, 4.69) is 5.32 Å². The van der Waals surface area contributed by atoms with Gasteiger partial charge in [-0.2, -0.15) is 0 Å². The van der Waals surface area contributed by atoms with Crippen molar-refractivity contribution in [3.63, 3.8) is 0 Å². The SMILES string of the molecule is CCOc1ccc(CN2C(=O)c3cc4ccc(OC)cc4n3CC2(C)C(=O)NC2CCCCC2)cc1. The molecule has 1 N–H and O–H groups in total. The Balaban J connectivity index is 1.53. The first-order valence-electron chi connectivity index (χ1n) is 12.9. The van der Waals surface area contributed by atoms with Crippen molar-refractivity contribution in [3.8, 4) is 11.5 Å². The molecule has 1 aromatic heterocycles. The third-order valence-electron chi connectivity index (χ3n) is 7.64. The lowest BCUT2D eigenvalue weighted by molar-refractivity contribution is -0.134. The molecule has 3 aromatic rings. The molecule has 0 saturated heterocycles. The summed E-state index contributed by atoms with van der Waals surface area (Å²) in [6.07, 6.45) is 5.45. The molecular weight excluding hydrogens is 454 g/mol. The molecule has 2 amide bonds. The number of hydrogen-bond acceptors (Lipinski definition) is 4. The Morgan fingerprint density at radius 3 is 2.47 bits per heavy atom. The lowest BCUT2D eigenvalue weighted by Gasteiger charge is -2.45. The van der Waals surface area contributed by atoms with Crippen LogP contribution in [0.1, 0.15) is 62.0 Å². The first-order valence-corrected chi connectivity index (χ1v) is 12.9. The van der Waals surface area contributed by atoms with Crippen LogP contribution < -0.4 is 14.8 Å². The quantitative estimate of drug-likeness (QED) is 0.512. The van der Waals surface area contributed by atoms with Crippen LogP contribution in [0.4, 0.5) is 0 Å². The zero-order chi connectivity index (χ0) is 25.3. The van der Waals surface area contributed by atoms with Crippen LogP contribution in [0.3, 0.4) is 0 Å². The number of amides is 2. The van der Waals surface area contributed by atoms with Gasteiger partial charge < -0.3 is 24.3 Å². The number of rotatable bonds is 7. The van der Waals surface area contributed by atoms with Crippen LogP contribution in [0.25, 0.3) is 10.9 Å². The zero-order valence-electron chi connectivity index (χ0n) is 21.4. The Morgan fingerprint density at radius 1 is 1.06 bits per heavy atom. The second-order valence-corrected chi connectivity index (χ2v) is 10.1. The van der Waals surface area contributed by atoms with Crippen molar-refractivity contribution in [1.82, 2.24) is 14.8 Å². The van der Waals surface area contributed by atoms with Crippen LogP contribution in [-0.2, 0) is 17.9 Å². The summed E-state index contributed by atoms with van der Waals surface area (Å²) >= 11 is 0. The summed E-state index contributed by atoms with van der Waals surface area (Å²) in [7, 11) is 1.63. The third kappa shape index (κ3) is 4.43. The number of methoxy groups -OCH3 is 1. The van der Waals surface area contributed by atoms with E-state index in [1.807, 2.05) is 66.9 Å². The molecule has 0 spiro atoms. The van der Waals surface area contributed by atoms with E-state index in [1.54, 1.807) is 12.0 Å². The second-order valence-electron chi connectivity index (χ2n) is 10.1. The van der Waals surface area contributed by atoms with Gasteiger partial charge in [-0.05, 0) is 62.6 Å². The molecule has 36 heavy (non-hydrogen) atoms. The molecule has 1 aliphatic heterocycles.